The first-order valence-corrected chi connectivity index (χ1v) is 47.7. The Morgan fingerprint density at radius 2 is 0.574 bits per heavy atom. The van der Waals surface area contributed by atoms with Gasteiger partial charge in [-0.05, 0) is 307 Å². The minimum Gasteiger partial charge on any atom is -0.399 e. The fraction of sp³-hybridized carbons (Fsp3) is 0.135. The monoisotopic (exact) mass is 2160 g/mol. The molecule has 6 amide bonds. The highest BCUT2D eigenvalue weighted by Crippen LogP contribution is 2.50. The Balaban J connectivity index is 0.000000159. The number of aliphatic hydroxyl groups is 3. The van der Waals surface area contributed by atoms with E-state index in [4.69, 9.17) is 168 Å². The van der Waals surface area contributed by atoms with Crippen molar-refractivity contribution < 1.29 is 44.1 Å². The summed E-state index contributed by atoms with van der Waals surface area (Å²) in [5, 5.41) is 43.8. The number of nitrogens with zero attached hydrogens (tertiary/aromatic N) is 7. The van der Waals surface area contributed by atoms with Crippen LogP contribution in [0.2, 0.25) is 70.3 Å². The smallest absolute Gasteiger partial charge is 0.332 e. The van der Waals surface area contributed by atoms with Crippen LogP contribution < -0.4 is 35.1 Å². The van der Waals surface area contributed by atoms with Gasteiger partial charge in [0, 0.05) is 144 Å². The molecule has 6 unspecified atom stereocenters. The lowest BCUT2D eigenvalue weighted by Crippen LogP contribution is -2.48. The maximum absolute atomic E-state index is 13.6. The molecule has 136 heavy (non-hydrogen) atoms. The number of aliphatic imine (C=N–C) groups is 1. The zero-order chi connectivity index (χ0) is 98.6. The summed E-state index contributed by atoms with van der Waals surface area (Å²) in [7, 11) is 0. The number of benzene rings is 14. The number of anilines is 7. The van der Waals surface area contributed by atoms with Crippen LogP contribution in [0.4, 0.5) is 59.9 Å². The van der Waals surface area contributed by atoms with Crippen LogP contribution in [-0.2, 0) is 28.4 Å². The maximum Gasteiger partial charge on any atom is 0.332 e. The summed E-state index contributed by atoms with van der Waals surface area (Å²) in [5.74, 6) is 0.0783. The number of Topliss-reactive ketones (excluding diaryl/α,β-unsaturated/α-hetero) is 2. The van der Waals surface area contributed by atoms with E-state index in [-0.39, 0.29) is 40.4 Å². The Hall–Kier alpha value is -10.2. The van der Waals surface area contributed by atoms with Gasteiger partial charge in [-0.1, -0.05) is 258 Å². The van der Waals surface area contributed by atoms with Crippen LogP contribution in [0.1, 0.15) is 77.6 Å². The minimum atomic E-state index is -1.66. The van der Waals surface area contributed by atoms with Crippen molar-refractivity contribution in [2.75, 3.05) is 35.1 Å². The van der Waals surface area contributed by atoms with Crippen LogP contribution in [-0.4, -0.2) is 74.0 Å². The van der Waals surface area contributed by atoms with Crippen LogP contribution in [0.15, 0.2) is 345 Å². The van der Waals surface area contributed by atoms with E-state index >= 15 is 0 Å². The first-order chi connectivity index (χ1) is 64.7. The molecule has 3 aliphatic rings. The number of hydrogen-bond acceptors (Lipinski definition) is 11. The van der Waals surface area contributed by atoms with E-state index in [0.717, 1.165) is 16.3 Å². The molecule has 3 heterocycles. The molecule has 0 spiro atoms. The summed E-state index contributed by atoms with van der Waals surface area (Å²) in [6.45, 7) is 9.11. The Morgan fingerprint density at radius 1 is 0.338 bits per heavy atom. The number of nitrogens with two attached hydrogens (primary N) is 1. The summed E-state index contributed by atoms with van der Waals surface area (Å²) >= 11 is 86.5. The molecule has 0 aromatic heterocycles. The highest BCUT2D eigenvalue weighted by Gasteiger charge is 2.60. The van der Waals surface area contributed by atoms with Gasteiger partial charge in [0.1, 0.15) is 0 Å². The quantitative estimate of drug-likeness (QED) is 0.0236. The van der Waals surface area contributed by atoms with Gasteiger partial charge in [-0.25, -0.2) is 19.2 Å². The Bertz CT molecular complexity index is 6120. The second-order valence-electron chi connectivity index (χ2n) is 30.9. The summed E-state index contributed by atoms with van der Waals surface area (Å²) < 4.78 is 0. The lowest BCUT2D eigenvalue weighted by molar-refractivity contribution is 0.0369. The molecule has 14 aromatic carbocycles. The Labute approximate surface area is 866 Å². The topological polar surface area (TPSA) is 221 Å². The largest absolute Gasteiger partial charge is 0.399 e. The third-order valence-corrected chi connectivity index (χ3v) is 25.7. The molecular formula is C104H83BrCl14N8O9. The van der Waals surface area contributed by atoms with Crippen molar-refractivity contribution in [3.63, 3.8) is 0 Å². The minimum absolute atomic E-state index is 0.0532. The molecule has 0 saturated carbocycles. The number of hydrogen-bond donors (Lipinski definition) is 4. The van der Waals surface area contributed by atoms with Crippen LogP contribution in [0.25, 0.3) is 0 Å². The van der Waals surface area contributed by atoms with E-state index in [1.165, 1.54) is 20.8 Å². The highest BCUT2D eigenvalue weighted by atomic mass is 79.9. The average molecular weight is 2170 g/mol. The number of nitrogen functional groups attached to an aromatic ring is 1. The van der Waals surface area contributed by atoms with Gasteiger partial charge < -0.3 is 21.1 Å². The van der Waals surface area contributed by atoms with Crippen molar-refractivity contribution >= 4 is 260 Å². The van der Waals surface area contributed by atoms with Crippen LogP contribution in [0.5, 0.6) is 0 Å². The number of alkyl halides is 1. The summed E-state index contributed by atoms with van der Waals surface area (Å²) in [4.78, 5) is 86.0. The van der Waals surface area contributed by atoms with Gasteiger partial charge in [-0.15, -0.1) is 0 Å². The molecule has 32 heteroatoms. The lowest BCUT2D eigenvalue weighted by atomic mass is 9.93. The number of carbonyl (C=O) groups excluding carboxylic acids is 6. The SMILES string of the molecule is CC(Br)C(=O)c1cccc(Cl)c1.CC(Cc1ccc(Cl)cc1)C(=O)c1cccc(Cl)c1.CC1N(c2ccc(Cl)cc2)C(=O)N(c2ccc(Cl)cc2)C1(O)c1cccc(Cl)c1.C[C@@H]1N(c2ccc(Cl)cc2)C(=O)N(c2ccc(Cl)cc2)C1(O)c1cccc(Cl)c1.C[C@H]1N(c2ccc(Cl)cc2)C(=O)N(c2ccc(Cl)cc2)C1(O)c1cccc(Cl)c1.Nc1ccc(Cl)cc1.O=C=Nc1ccc(Cl)cc1. The second kappa shape index (κ2) is 48.4. The number of carbonyl (C=O) groups is 5. The van der Waals surface area contributed by atoms with Crippen LogP contribution >= 0.6 is 178 Å². The van der Waals surface area contributed by atoms with E-state index in [0.29, 0.717) is 139 Å². The maximum atomic E-state index is 13.6. The average Bonchev–Trinajstić information content (AvgIpc) is 1.57. The van der Waals surface area contributed by atoms with Crippen LogP contribution in [0.3, 0.4) is 0 Å². The zero-order valence-electron chi connectivity index (χ0n) is 72.6. The summed E-state index contributed by atoms with van der Waals surface area (Å²) in [6.07, 6.45) is 2.13. The van der Waals surface area contributed by atoms with Crippen molar-refractivity contribution in [1.82, 2.24) is 0 Å². The molecular weight excluding hydrogens is 2080 g/mol. The number of urea groups is 3. The van der Waals surface area contributed by atoms with Gasteiger partial charge in [-0.2, -0.15) is 4.99 Å². The predicted molar refractivity (Wildman–Crippen MR) is 564 cm³/mol. The zero-order valence-corrected chi connectivity index (χ0v) is 84.8. The van der Waals surface area contributed by atoms with Gasteiger partial charge in [0.05, 0.1) is 28.6 Å². The number of halogens is 15. The van der Waals surface area contributed by atoms with Crippen molar-refractivity contribution in [1.29, 1.82) is 0 Å². The molecule has 3 saturated heterocycles. The van der Waals surface area contributed by atoms with E-state index in [1.807, 2.05) is 31.2 Å². The molecule has 698 valence electrons. The Morgan fingerprint density at radius 3 is 0.824 bits per heavy atom. The molecule has 5 N–H and O–H groups in total. The number of isocyanates is 1. The first-order valence-electron chi connectivity index (χ1n) is 41.5. The third-order valence-electron chi connectivity index (χ3n) is 21.8. The van der Waals surface area contributed by atoms with E-state index < -0.39 is 35.3 Å². The molecule has 3 fully saturated rings. The number of ketones is 2. The van der Waals surface area contributed by atoms with Crippen LogP contribution in [0, 0.1) is 5.92 Å². The summed E-state index contributed by atoms with van der Waals surface area (Å²) in [5.41, 5.74) is 9.10. The van der Waals surface area contributed by atoms with E-state index in [2.05, 4.69) is 20.9 Å². The van der Waals surface area contributed by atoms with Gasteiger partial charge in [0.2, 0.25) is 6.08 Å². The van der Waals surface area contributed by atoms with Gasteiger partial charge in [-0.3, -0.25) is 39.0 Å². The number of rotatable bonds is 16. The Kier molecular flexibility index (Phi) is 37.8. The normalized spacial score (nSPS) is 17.8. The van der Waals surface area contributed by atoms with E-state index in [1.54, 1.807) is 358 Å². The van der Waals surface area contributed by atoms with E-state index in [9.17, 15) is 44.1 Å². The molecule has 0 aliphatic carbocycles. The lowest BCUT2D eigenvalue weighted by Gasteiger charge is -2.35. The second-order valence-corrected chi connectivity index (χ2v) is 38.4. The van der Waals surface area contributed by atoms with Crippen molar-refractivity contribution in [3.8, 4) is 0 Å². The van der Waals surface area contributed by atoms with Gasteiger partial charge >= 0.3 is 18.1 Å². The molecule has 0 radical (unpaired) electrons. The fourth-order valence-electron chi connectivity index (χ4n) is 15.0. The first kappa shape index (κ1) is 106. The van der Waals surface area contributed by atoms with Crippen molar-refractivity contribution in [2.45, 2.75) is 81.2 Å². The van der Waals surface area contributed by atoms with Gasteiger partial charge in [0.25, 0.3) is 0 Å². The molecule has 3 aliphatic heterocycles. The van der Waals surface area contributed by atoms with Crippen molar-refractivity contribution in [2.24, 2.45) is 10.9 Å². The van der Waals surface area contributed by atoms with Gasteiger partial charge in [0.15, 0.2) is 28.7 Å². The molecule has 17 nitrogen and oxygen atoms in total. The third kappa shape index (κ3) is 26.2. The standard InChI is InChI=1S/3C22H17Cl3N2O2.C16H14Cl2O.C9H8BrClO.C7H4ClNO.C6H6ClN/c3*1-14-22(29,15-3-2-4-18(25)13-15)27(20-11-7-17(24)8-12-20)21(28)26(14)19-9-5-16(23)6-10-19;1-11(9-12-5-7-14(17)8-6-12)16(19)13-3-2-4-15(18)10-13;1-6(10)9(12)7-3-2-4-8(11)5-7;8-6-1-3-7(4-2-6)9-5-10;7-5-1-3-6(8)4-2-5/h3*2-14,29H,1H3;2-8,10-11H,9H2,1H3;2-6H,1H3;1-4H;1-4H,8H2/t2*14-,22?;;;;;/m10...../s1. The molecule has 17 rings (SSSR count). The van der Waals surface area contributed by atoms with Crippen molar-refractivity contribution in [3.05, 3.63) is 443 Å². The molecule has 8 atom stereocenters. The molecule has 14 aromatic rings. The predicted octanol–water partition coefficient (Wildman–Crippen LogP) is 31.6. The number of amides is 6. The fourth-order valence-corrected chi connectivity index (χ4v) is 17.4. The molecule has 0 bridgehead atoms. The highest BCUT2D eigenvalue weighted by molar-refractivity contribution is 9.10. The summed E-state index contributed by atoms with van der Waals surface area (Å²) in [6, 6.07) is 94.0.